The average Bonchev–Trinajstić information content (AvgIpc) is 2.19. The minimum atomic E-state index is -1.14. The van der Waals surface area contributed by atoms with Gasteiger partial charge in [0, 0.05) is 0 Å². The molecule has 1 rings (SSSR count). The summed E-state index contributed by atoms with van der Waals surface area (Å²) in [5.41, 5.74) is 5.22. The lowest BCUT2D eigenvalue weighted by Crippen LogP contribution is -2.36. The lowest BCUT2D eigenvalue weighted by atomic mass is 10.3. The molecular weight excluding hydrogens is 269 g/mol. The molecule has 0 aliphatic carbocycles. The summed E-state index contributed by atoms with van der Waals surface area (Å²) in [6.07, 6.45) is 0. The van der Waals surface area contributed by atoms with Crippen molar-refractivity contribution in [2.24, 2.45) is 5.73 Å². The van der Waals surface area contributed by atoms with Gasteiger partial charge in [-0.15, -0.1) is 0 Å². The van der Waals surface area contributed by atoms with Gasteiger partial charge in [-0.1, -0.05) is 0 Å². The second-order valence-corrected chi connectivity index (χ2v) is 3.69. The van der Waals surface area contributed by atoms with Crippen LogP contribution in [0.15, 0.2) is 22.7 Å². The van der Waals surface area contributed by atoms with Crippen LogP contribution in [0, 0.1) is 5.82 Å². The highest BCUT2D eigenvalue weighted by atomic mass is 79.9. The SMILES string of the molecule is NC(COc1ccc(F)c(Br)c1)C(=O)O. The van der Waals surface area contributed by atoms with Gasteiger partial charge in [-0.05, 0) is 34.1 Å². The molecule has 0 saturated carbocycles. The van der Waals surface area contributed by atoms with E-state index in [2.05, 4.69) is 15.9 Å². The maximum absolute atomic E-state index is 12.8. The zero-order valence-corrected chi connectivity index (χ0v) is 9.20. The fourth-order valence-electron chi connectivity index (χ4n) is 0.824. The Labute approximate surface area is 94.0 Å². The number of nitrogens with two attached hydrogens (primary N) is 1. The Morgan fingerprint density at radius 1 is 1.67 bits per heavy atom. The second kappa shape index (κ2) is 5.09. The number of hydrogen-bond donors (Lipinski definition) is 2. The van der Waals surface area contributed by atoms with Crippen molar-refractivity contribution in [2.45, 2.75) is 6.04 Å². The Morgan fingerprint density at radius 3 is 2.87 bits per heavy atom. The summed E-state index contributed by atoms with van der Waals surface area (Å²) < 4.78 is 18.1. The summed E-state index contributed by atoms with van der Waals surface area (Å²) >= 11 is 2.98. The third-order valence-corrected chi connectivity index (χ3v) is 2.25. The minimum Gasteiger partial charge on any atom is -0.491 e. The Hall–Kier alpha value is -1.14. The number of halogens is 2. The number of rotatable bonds is 4. The third kappa shape index (κ3) is 3.49. The number of carbonyl (C=O) groups is 1. The molecule has 0 heterocycles. The van der Waals surface area contributed by atoms with Gasteiger partial charge in [0.05, 0.1) is 4.47 Å². The van der Waals surface area contributed by atoms with Gasteiger partial charge in [0.1, 0.15) is 24.2 Å². The highest BCUT2D eigenvalue weighted by molar-refractivity contribution is 9.10. The predicted molar refractivity (Wildman–Crippen MR) is 55.2 cm³/mol. The normalized spacial score (nSPS) is 12.2. The lowest BCUT2D eigenvalue weighted by molar-refractivity contribution is -0.139. The Kier molecular flexibility index (Phi) is 4.05. The third-order valence-electron chi connectivity index (χ3n) is 1.64. The molecule has 0 amide bonds. The van der Waals surface area contributed by atoms with Crippen LogP contribution in [0.2, 0.25) is 0 Å². The molecule has 0 fully saturated rings. The summed E-state index contributed by atoms with van der Waals surface area (Å²) in [5.74, 6) is -1.19. The quantitative estimate of drug-likeness (QED) is 0.872. The van der Waals surface area contributed by atoms with E-state index in [0.717, 1.165) is 0 Å². The van der Waals surface area contributed by atoms with E-state index < -0.39 is 17.8 Å². The van der Waals surface area contributed by atoms with Gasteiger partial charge in [0.2, 0.25) is 0 Å². The van der Waals surface area contributed by atoms with Gasteiger partial charge in [-0.2, -0.15) is 0 Å². The smallest absolute Gasteiger partial charge is 0.324 e. The van der Waals surface area contributed by atoms with Crippen LogP contribution in [0.25, 0.3) is 0 Å². The number of aliphatic carboxylic acids is 1. The summed E-state index contributed by atoms with van der Waals surface area (Å²) in [5, 5.41) is 8.48. The van der Waals surface area contributed by atoms with Gasteiger partial charge in [0.15, 0.2) is 0 Å². The van der Waals surface area contributed by atoms with Crippen LogP contribution in [-0.2, 0) is 4.79 Å². The van der Waals surface area contributed by atoms with Crippen LogP contribution in [0.4, 0.5) is 4.39 Å². The molecule has 0 aliphatic rings. The number of hydrogen-bond acceptors (Lipinski definition) is 3. The van der Waals surface area contributed by atoms with Crippen molar-refractivity contribution in [1.82, 2.24) is 0 Å². The lowest BCUT2D eigenvalue weighted by Gasteiger charge is -2.09. The van der Waals surface area contributed by atoms with Crippen molar-refractivity contribution in [3.05, 3.63) is 28.5 Å². The molecule has 0 aromatic heterocycles. The van der Waals surface area contributed by atoms with E-state index >= 15 is 0 Å². The van der Waals surface area contributed by atoms with E-state index in [1.54, 1.807) is 0 Å². The van der Waals surface area contributed by atoms with Crippen LogP contribution < -0.4 is 10.5 Å². The van der Waals surface area contributed by atoms with E-state index in [1.165, 1.54) is 18.2 Å². The van der Waals surface area contributed by atoms with Crippen molar-refractivity contribution in [1.29, 1.82) is 0 Å². The first-order chi connectivity index (χ1) is 7.00. The summed E-state index contributed by atoms with van der Waals surface area (Å²) in [6, 6.07) is 2.93. The van der Waals surface area contributed by atoms with Crippen LogP contribution in [0.5, 0.6) is 5.75 Å². The molecule has 15 heavy (non-hydrogen) atoms. The number of ether oxygens (including phenoxy) is 1. The zero-order valence-electron chi connectivity index (χ0n) is 7.61. The minimum absolute atomic E-state index is 0.159. The summed E-state index contributed by atoms with van der Waals surface area (Å²) in [4.78, 5) is 10.4. The number of carboxylic acids is 1. The topological polar surface area (TPSA) is 72.5 Å². The molecule has 0 spiro atoms. The van der Waals surface area contributed by atoms with E-state index in [4.69, 9.17) is 15.6 Å². The van der Waals surface area contributed by atoms with E-state index in [-0.39, 0.29) is 11.1 Å². The first-order valence-corrected chi connectivity index (χ1v) is 4.86. The Morgan fingerprint density at radius 2 is 2.33 bits per heavy atom. The molecule has 1 aromatic carbocycles. The zero-order chi connectivity index (χ0) is 11.4. The monoisotopic (exact) mass is 277 g/mol. The summed E-state index contributed by atoms with van der Waals surface area (Å²) in [7, 11) is 0. The average molecular weight is 278 g/mol. The van der Waals surface area contributed by atoms with Crippen molar-refractivity contribution >= 4 is 21.9 Å². The first kappa shape index (κ1) is 11.9. The highest BCUT2D eigenvalue weighted by Crippen LogP contribution is 2.21. The second-order valence-electron chi connectivity index (χ2n) is 2.83. The Bertz CT molecular complexity index is 372. The molecule has 6 heteroatoms. The van der Waals surface area contributed by atoms with Gasteiger partial charge in [0.25, 0.3) is 0 Å². The molecule has 3 N–H and O–H groups in total. The van der Waals surface area contributed by atoms with Crippen LogP contribution >= 0.6 is 15.9 Å². The highest BCUT2D eigenvalue weighted by Gasteiger charge is 2.12. The van der Waals surface area contributed by atoms with E-state index in [9.17, 15) is 9.18 Å². The fourth-order valence-corrected chi connectivity index (χ4v) is 1.18. The van der Waals surface area contributed by atoms with E-state index in [1.807, 2.05) is 0 Å². The van der Waals surface area contributed by atoms with Crippen molar-refractivity contribution in [2.75, 3.05) is 6.61 Å². The molecule has 1 aromatic rings. The molecule has 0 aliphatic heterocycles. The molecule has 0 bridgehead atoms. The van der Waals surface area contributed by atoms with Gasteiger partial charge < -0.3 is 15.6 Å². The Balaban J connectivity index is 2.58. The maximum atomic E-state index is 12.8. The van der Waals surface area contributed by atoms with Crippen LogP contribution in [0.3, 0.4) is 0 Å². The molecular formula is C9H9BrFNO3. The standard InChI is InChI=1S/C9H9BrFNO3/c10-6-3-5(1-2-7(6)11)15-4-8(12)9(13)14/h1-3,8H,4,12H2,(H,13,14). The first-order valence-electron chi connectivity index (χ1n) is 4.07. The number of benzene rings is 1. The molecule has 0 radical (unpaired) electrons. The van der Waals surface area contributed by atoms with Gasteiger partial charge in [-0.25, -0.2) is 4.39 Å². The van der Waals surface area contributed by atoms with Crippen molar-refractivity contribution < 1.29 is 19.0 Å². The maximum Gasteiger partial charge on any atom is 0.324 e. The van der Waals surface area contributed by atoms with Crippen molar-refractivity contribution in [3.8, 4) is 5.75 Å². The molecule has 0 saturated heterocycles. The number of carboxylic acid groups (broad SMARTS) is 1. The molecule has 1 unspecified atom stereocenters. The van der Waals surface area contributed by atoms with Crippen molar-refractivity contribution in [3.63, 3.8) is 0 Å². The van der Waals surface area contributed by atoms with Crippen LogP contribution in [-0.4, -0.2) is 23.7 Å². The largest absolute Gasteiger partial charge is 0.491 e. The molecule has 4 nitrogen and oxygen atoms in total. The van der Waals surface area contributed by atoms with E-state index in [0.29, 0.717) is 5.75 Å². The van der Waals surface area contributed by atoms with Crippen LogP contribution in [0.1, 0.15) is 0 Å². The van der Waals surface area contributed by atoms with Gasteiger partial charge in [-0.3, -0.25) is 4.79 Å². The van der Waals surface area contributed by atoms with Gasteiger partial charge >= 0.3 is 5.97 Å². The fraction of sp³-hybridized carbons (Fsp3) is 0.222. The molecule has 1 atom stereocenters. The summed E-state index contributed by atoms with van der Waals surface area (Å²) in [6.45, 7) is -0.159. The molecule has 82 valence electrons. The predicted octanol–water partition coefficient (Wildman–Crippen LogP) is 1.38.